The van der Waals surface area contributed by atoms with E-state index in [-0.39, 0.29) is 24.8 Å². The molecule has 1 fully saturated rings. The van der Waals surface area contributed by atoms with E-state index in [9.17, 15) is 14.7 Å². The van der Waals surface area contributed by atoms with Crippen LogP contribution in [0.25, 0.3) is 10.4 Å². The molecule has 168 valence electrons. The molecule has 0 aliphatic carbocycles. The molecule has 3 atom stereocenters. The van der Waals surface area contributed by atoms with Crippen molar-refractivity contribution < 1.29 is 14.7 Å². The molecule has 0 saturated carbocycles. The molecule has 1 aromatic heterocycles. The van der Waals surface area contributed by atoms with Crippen LogP contribution in [0.2, 0.25) is 0 Å². The summed E-state index contributed by atoms with van der Waals surface area (Å²) in [7, 11) is 1.72. The minimum atomic E-state index is -0.735. The van der Waals surface area contributed by atoms with Crippen LogP contribution < -0.4 is 5.73 Å². The number of likely N-dealkylation sites (tertiary alicyclic amines) is 1. The van der Waals surface area contributed by atoms with E-state index in [1.54, 1.807) is 23.3 Å². The van der Waals surface area contributed by atoms with Crippen molar-refractivity contribution in [1.29, 1.82) is 0 Å². The van der Waals surface area contributed by atoms with Gasteiger partial charge in [-0.25, -0.2) is 4.98 Å². The predicted octanol–water partition coefficient (Wildman–Crippen LogP) is 2.41. The van der Waals surface area contributed by atoms with Crippen molar-refractivity contribution >= 4 is 23.2 Å². The first kappa shape index (κ1) is 23.4. The van der Waals surface area contributed by atoms with E-state index in [0.29, 0.717) is 6.54 Å². The highest BCUT2D eigenvalue weighted by Crippen LogP contribution is 2.28. The van der Waals surface area contributed by atoms with E-state index in [1.807, 2.05) is 57.5 Å². The summed E-state index contributed by atoms with van der Waals surface area (Å²) in [6.45, 7) is 8.21. The van der Waals surface area contributed by atoms with Gasteiger partial charge in [-0.15, -0.1) is 11.3 Å². The van der Waals surface area contributed by atoms with Gasteiger partial charge in [0.05, 0.1) is 28.2 Å². The fourth-order valence-corrected chi connectivity index (χ4v) is 4.60. The number of nitrogens with zero attached hydrogens (tertiary/aromatic N) is 3. The Bertz CT molecular complexity index is 935. The second-order valence-corrected chi connectivity index (χ2v) is 10.3. The topological polar surface area (TPSA) is 99.8 Å². The summed E-state index contributed by atoms with van der Waals surface area (Å²) in [6, 6.07) is 6.64. The van der Waals surface area contributed by atoms with Gasteiger partial charge in [0.1, 0.15) is 6.04 Å². The standard InChI is InChI=1S/C23H32N4O3S/c1-14-19(31-13-25-14)16-8-6-15(7-9-16)11-26(5)21(29)18-10-17(28)12-27(18)22(30)20(24)23(2,3)4/h6-9,13,17-18,20,28H,10-12,24H2,1-5H3/t17-,18+,20-/m1/s1. The molecule has 0 radical (unpaired) electrons. The Kier molecular flexibility index (Phi) is 6.83. The number of benzene rings is 1. The highest BCUT2D eigenvalue weighted by molar-refractivity contribution is 7.13. The summed E-state index contributed by atoms with van der Waals surface area (Å²) in [5, 5.41) is 10.2. The number of β-amino-alcohol motifs (C(OH)–C–C–N with tert-alkyl or cyclic N) is 1. The second-order valence-electron chi connectivity index (χ2n) is 9.40. The molecule has 0 unspecified atom stereocenters. The molecule has 31 heavy (non-hydrogen) atoms. The van der Waals surface area contributed by atoms with Crippen LogP contribution in [0, 0.1) is 12.3 Å². The average Bonchev–Trinajstić information content (AvgIpc) is 3.31. The molecule has 3 N–H and O–H groups in total. The van der Waals surface area contributed by atoms with Gasteiger partial charge in [-0.1, -0.05) is 45.0 Å². The molecule has 3 rings (SSSR count). The van der Waals surface area contributed by atoms with Crippen LogP contribution >= 0.6 is 11.3 Å². The molecule has 1 saturated heterocycles. The normalized spacial score (nSPS) is 20.0. The largest absolute Gasteiger partial charge is 0.391 e. The smallest absolute Gasteiger partial charge is 0.245 e. The molecule has 7 nitrogen and oxygen atoms in total. The minimum Gasteiger partial charge on any atom is -0.391 e. The zero-order chi connectivity index (χ0) is 22.9. The summed E-state index contributed by atoms with van der Waals surface area (Å²) in [4.78, 5) is 34.6. The van der Waals surface area contributed by atoms with E-state index in [0.717, 1.165) is 21.7 Å². The molecule has 1 aromatic carbocycles. The maximum Gasteiger partial charge on any atom is 0.245 e. The van der Waals surface area contributed by atoms with Gasteiger partial charge in [-0.2, -0.15) is 0 Å². The lowest BCUT2D eigenvalue weighted by Crippen LogP contribution is -2.55. The molecule has 2 aromatic rings. The third kappa shape index (κ3) is 5.14. The number of hydrogen-bond acceptors (Lipinski definition) is 6. The van der Waals surface area contributed by atoms with E-state index in [1.165, 1.54) is 4.90 Å². The van der Waals surface area contributed by atoms with Gasteiger partial charge < -0.3 is 20.6 Å². The Hall–Kier alpha value is -2.29. The fourth-order valence-electron chi connectivity index (χ4n) is 3.79. The third-order valence-electron chi connectivity index (χ3n) is 5.80. The quantitative estimate of drug-likeness (QED) is 0.738. The van der Waals surface area contributed by atoms with Crippen molar-refractivity contribution in [2.24, 2.45) is 11.1 Å². The van der Waals surface area contributed by atoms with E-state index >= 15 is 0 Å². The van der Waals surface area contributed by atoms with Gasteiger partial charge in [0.25, 0.3) is 0 Å². The number of amides is 2. The first-order chi connectivity index (χ1) is 14.5. The SMILES string of the molecule is Cc1ncsc1-c1ccc(CN(C)C(=O)[C@@H]2C[C@@H](O)CN2C(=O)[C@@H](N)C(C)(C)C)cc1. The van der Waals surface area contributed by atoms with Crippen molar-refractivity contribution in [1.82, 2.24) is 14.8 Å². The van der Waals surface area contributed by atoms with Crippen LogP contribution in [0.1, 0.15) is 38.4 Å². The fraction of sp³-hybridized carbons (Fsp3) is 0.522. The summed E-state index contributed by atoms with van der Waals surface area (Å²) in [5.41, 5.74) is 10.6. The minimum absolute atomic E-state index is 0.135. The van der Waals surface area contributed by atoms with Gasteiger partial charge in [0.2, 0.25) is 11.8 Å². The van der Waals surface area contributed by atoms with Crippen molar-refractivity contribution in [2.45, 2.75) is 58.8 Å². The van der Waals surface area contributed by atoms with E-state index in [2.05, 4.69) is 4.98 Å². The summed E-state index contributed by atoms with van der Waals surface area (Å²) >= 11 is 1.60. The number of carbonyl (C=O) groups is 2. The lowest BCUT2D eigenvalue weighted by Gasteiger charge is -2.33. The van der Waals surface area contributed by atoms with Gasteiger partial charge in [-0.05, 0) is 23.5 Å². The molecule has 2 heterocycles. The first-order valence-electron chi connectivity index (χ1n) is 10.5. The number of nitrogens with two attached hydrogens (primary N) is 1. The highest BCUT2D eigenvalue weighted by atomic mass is 32.1. The number of likely N-dealkylation sites (N-methyl/N-ethyl adjacent to an activating group) is 1. The number of aliphatic hydroxyl groups is 1. The van der Waals surface area contributed by atoms with Crippen molar-refractivity contribution in [3.63, 3.8) is 0 Å². The van der Waals surface area contributed by atoms with Crippen LogP contribution in [0.3, 0.4) is 0 Å². The zero-order valence-corrected chi connectivity index (χ0v) is 19.6. The van der Waals surface area contributed by atoms with Crippen LogP contribution in [0.5, 0.6) is 0 Å². The van der Waals surface area contributed by atoms with Crippen molar-refractivity contribution in [2.75, 3.05) is 13.6 Å². The maximum absolute atomic E-state index is 13.2. The summed E-state index contributed by atoms with van der Waals surface area (Å²) in [6.07, 6.45) is -0.490. The van der Waals surface area contributed by atoms with E-state index in [4.69, 9.17) is 5.73 Å². The summed E-state index contributed by atoms with van der Waals surface area (Å²) in [5.74, 6) is -0.478. The Morgan fingerprint density at radius 3 is 2.52 bits per heavy atom. The Labute approximate surface area is 187 Å². The zero-order valence-electron chi connectivity index (χ0n) is 18.8. The second kappa shape index (κ2) is 9.06. The molecular formula is C23H32N4O3S. The monoisotopic (exact) mass is 444 g/mol. The highest BCUT2D eigenvalue weighted by Gasteiger charge is 2.43. The summed E-state index contributed by atoms with van der Waals surface area (Å²) < 4.78 is 0. The average molecular weight is 445 g/mol. The lowest BCUT2D eigenvalue weighted by molar-refractivity contribution is -0.145. The Morgan fingerprint density at radius 2 is 1.97 bits per heavy atom. The number of aromatic nitrogens is 1. The van der Waals surface area contributed by atoms with Crippen LogP contribution in [-0.2, 0) is 16.1 Å². The third-order valence-corrected chi connectivity index (χ3v) is 6.78. The number of aryl methyl sites for hydroxylation is 1. The Morgan fingerprint density at radius 1 is 1.32 bits per heavy atom. The number of carbonyl (C=O) groups excluding carboxylic acids is 2. The molecule has 0 bridgehead atoms. The van der Waals surface area contributed by atoms with Crippen LogP contribution in [-0.4, -0.2) is 63.5 Å². The molecule has 1 aliphatic heterocycles. The Balaban J connectivity index is 1.69. The van der Waals surface area contributed by atoms with E-state index < -0.39 is 23.6 Å². The number of hydrogen-bond donors (Lipinski definition) is 2. The van der Waals surface area contributed by atoms with Crippen LogP contribution in [0.15, 0.2) is 29.8 Å². The molecule has 2 amide bonds. The van der Waals surface area contributed by atoms with Gasteiger partial charge in [0.15, 0.2) is 0 Å². The van der Waals surface area contributed by atoms with Crippen LogP contribution in [0.4, 0.5) is 0 Å². The molecular weight excluding hydrogens is 412 g/mol. The van der Waals surface area contributed by atoms with Crippen molar-refractivity contribution in [3.05, 3.63) is 41.0 Å². The van der Waals surface area contributed by atoms with Crippen molar-refractivity contribution in [3.8, 4) is 10.4 Å². The predicted molar refractivity (Wildman–Crippen MR) is 122 cm³/mol. The molecule has 8 heteroatoms. The van der Waals surface area contributed by atoms with Gasteiger partial charge in [0, 0.05) is 26.6 Å². The molecule has 0 spiro atoms. The number of rotatable bonds is 5. The maximum atomic E-state index is 13.2. The first-order valence-corrected chi connectivity index (χ1v) is 11.4. The molecule has 1 aliphatic rings. The van der Waals surface area contributed by atoms with Gasteiger partial charge >= 0.3 is 0 Å². The number of thiazole rings is 1. The number of aliphatic hydroxyl groups excluding tert-OH is 1. The van der Waals surface area contributed by atoms with Gasteiger partial charge in [-0.3, -0.25) is 9.59 Å². The lowest BCUT2D eigenvalue weighted by atomic mass is 9.86.